The van der Waals surface area contributed by atoms with Crippen LogP contribution >= 0.6 is 0 Å². The number of carbonyl (C=O) groups excluding carboxylic acids is 3. The van der Waals surface area contributed by atoms with Gasteiger partial charge < -0.3 is 28.6 Å². The second-order valence-corrected chi connectivity index (χ2v) is 19.5. The molecule has 382 valence electrons. The molecule has 0 aromatic heterocycles. The number of unbranched alkanes of at least 4 members (excludes halogenated alkanes) is 25. The van der Waals surface area contributed by atoms with Crippen LogP contribution in [0.5, 0.6) is 0 Å². The van der Waals surface area contributed by atoms with Gasteiger partial charge in [-0.1, -0.05) is 197 Å². The van der Waals surface area contributed by atoms with Gasteiger partial charge in [0, 0.05) is 19.3 Å². The van der Waals surface area contributed by atoms with Crippen LogP contribution in [-0.4, -0.2) is 75.5 Å². The molecule has 0 rings (SSSR count). The molecule has 0 aliphatic heterocycles. The van der Waals surface area contributed by atoms with Crippen LogP contribution in [0.15, 0.2) is 60.8 Å². The summed E-state index contributed by atoms with van der Waals surface area (Å²) in [6.07, 6.45) is 61.1. The first kappa shape index (κ1) is 63.0. The minimum absolute atomic E-state index is 0.0337. The maximum atomic E-state index is 12.8. The SMILES string of the molecule is CCCCC/C=C\C/C=C\C/C=C\CCCCCCCCC(=O)OC(COCCC(C(=O)[O-])[N+](C)(C)C)COC(=O)CCCCCCCCCCCCC/C=C\C/C=C\CCCCCCC. The Balaban J connectivity index is 4.22. The first-order chi connectivity index (χ1) is 32.1. The first-order valence-corrected chi connectivity index (χ1v) is 27.3. The molecule has 0 bridgehead atoms. The summed E-state index contributed by atoms with van der Waals surface area (Å²) in [5, 5.41) is 11.7. The van der Waals surface area contributed by atoms with Crippen molar-refractivity contribution in [3.8, 4) is 0 Å². The Labute approximate surface area is 407 Å². The standard InChI is InChI=1S/C58H103NO7/c1-6-8-10-12-14-16-18-20-22-24-26-27-28-29-31-32-34-36-38-40-42-44-46-48-56(60)65-53-54(52-64-51-50-55(58(62)63)59(3,4)5)66-57(61)49-47-45-43-41-39-37-35-33-30-25-23-21-19-17-15-13-11-9-7-2/h15,17-18,20-21,23-24,26,30,33,54-55H,6-14,16,19,22,25,27-29,31-32,34-53H2,1-5H3/b17-15-,20-18-,23-21-,26-24-,33-30-. The van der Waals surface area contributed by atoms with E-state index in [1.165, 1.54) is 135 Å². The van der Waals surface area contributed by atoms with Gasteiger partial charge in [0.2, 0.25) is 0 Å². The fourth-order valence-corrected chi connectivity index (χ4v) is 7.87. The van der Waals surface area contributed by atoms with Crippen LogP contribution in [-0.2, 0) is 28.6 Å². The second kappa shape index (κ2) is 48.5. The zero-order valence-electron chi connectivity index (χ0n) is 43.6. The molecule has 0 amide bonds. The van der Waals surface area contributed by atoms with Crippen molar-refractivity contribution in [3.63, 3.8) is 0 Å². The number of aliphatic carboxylic acids is 1. The Morgan fingerprint density at radius 3 is 1.21 bits per heavy atom. The van der Waals surface area contributed by atoms with E-state index >= 15 is 0 Å². The fourth-order valence-electron chi connectivity index (χ4n) is 7.87. The van der Waals surface area contributed by atoms with Gasteiger partial charge in [-0.25, -0.2) is 0 Å². The highest BCUT2D eigenvalue weighted by Crippen LogP contribution is 2.15. The minimum atomic E-state index is -1.13. The first-order valence-electron chi connectivity index (χ1n) is 27.3. The third-order valence-electron chi connectivity index (χ3n) is 12.1. The zero-order chi connectivity index (χ0) is 48.4. The molecule has 2 atom stereocenters. The van der Waals surface area contributed by atoms with Crippen molar-refractivity contribution in [1.29, 1.82) is 0 Å². The average molecular weight is 926 g/mol. The highest BCUT2D eigenvalue weighted by atomic mass is 16.6. The van der Waals surface area contributed by atoms with E-state index in [-0.39, 0.29) is 42.7 Å². The highest BCUT2D eigenvalue weighted by Gasteiger charge is 2.25. The Morgan fingerprint density at radius 2 is 0.803 bits per heavy atom. The van der Waals surface area contributed by atoms with Gasteiger partial charge in [-0.15, -0.1) is 0 Å². The van der Waals surface area contributed by atoms with E-state index in [0.29, 0.717) is 12.8 Å². The van der Waals surface area contributed by atoms with Crippen molar-refractivity contribution >= 4 is 17.9 Å². The number of rotatable bonds is 49. The number of nitrogens with zero attached hydrogens (tertiary/aromatic N) is 1. The van der Waals surface area contributed by atoms with Crippen molar-refractivity contribution in [2.24, 2.45) is 0 Å². The van der Waals surface area contributed by atoms with Gasteiger partial charge in [0.05, 0.1) is 40.3 Å². The summed E-state index contributed by atoms with van der Waals surface area (Å²) in [6.45, 7) is 4.63. The number of likely N-dealkylation sites (N-methyl/N-ethyl adjacent to an activating group) is 1. The van der Waals surface area contributed by atoms with Crippen LogP contribution in [0.2, 0.25) is 0 Å². The summed E-state index contributed by atoms with van der Waals surface area (Å²) < 4.78 is 17.3. The Hall–Kier alpha value is -2.97. The molecule has 0 aliphatic rings. The number of carbonyl (C=O) groups is 3. The molecular weight excluding hydrogens is 823 g/mol. The summed E-state index contributed by atoms with van der Waals surface area (Å²) >= 11 is 0. The summed E-state index contributed by atoms with van der Waals surface area (Å²) in [4.78, 5) is 37.1. The third kappa shape index (κ3) is 46.2. The van der Waals surface area contributed by atoms with Crippen molar-refractivity contribution in [2.75, 3.05) is 41.0 Å². The smallest absolute Gasteiger partial charge is 0.306 e. The lowest BCUT2D eigenvalue weighted by molar-refractivity contribution is -0.889. The molecule has 0 spiro atoms. The van der Waals surface area contributed by atoms with E-state index in [2.05, 4.69) is 74.6 Å². The number of hydrogen-bond acceptors (Lipinski definition) is 7. The minimum Gasteiger partial charge on any atom is -0.544 e. The molecule has 8 heteroatoms. The van der Waals surface area contributed by atoms with Gasteiger partial charge in [-0.05, 0) is 83.5 Å². The maximum Gasteiger partial charge on any atom is 0.306 e. The molecule has 2 unspecified atom stereocenters. The lowest BCUT2D eigenvalue weighted by atomic mass is 10.0. The topological polar surface area (TPSA) is 102 Å². The van der Waals surface area contributed by atoms with Crippen molar-refractivity contribution in [3.05, 3.63) is 60.8 Å². The number of esters is 2. The van der Waals surface area contributed by atoms with Crippen LogP contribution in [0.4, 0.5) is 0 Å². The van der Waals surface area contributed by atoms with Crippen LogP contribution in [0.25, 0.3) is 0 Å². The van der Waals surface area contributed by atoms with E-state index < -0.39 is 18.1 Å². The van der Waals surface area contributed by atoms with E-state index in [0.717, 1.165) is 70.6 Å². The molecule has 0 aromatic carbocycles. The van der Waals surface area contributed by atoms with Gasteiger partial charge in [0.25, 0.3) is 0 Å². The number of hydrogen-bond donors (Lipinski definition) is 0. The monoisotopic (exact) mass is 926 g/mol. The van der Waals surface area contributed by atoms with Gasteiger partial charge in [0.15, 0.2) is 6.10 Å². The van der Waals surface area contributed by atoms with Gasteiger partial charge in [-0.3, -0.25) is 9.59 Å². The molecule has 0 N–H and O–H groups in total. The number of ether oxygens (including phenoxy) is 3. The van der Waals surface area contributed by atoms with Crippen molar-refractivity contribution in [1.82, 2.24) is 0 Å². The Bertz CT molecular complexity index is 1260. The number of allylic oxidation sites excluding steroid dienone is 10. The number of carboxylic acid groups (broad SMARTS) is 1. The molecule has 8 nitrogen and oxygen atoms in total. The molecular formula is C58H103NO7. The van der Waals surface area contributed by atoms with E-state index in [9.17, 15) is 19.5 Å². The number of carboxylic acids is 1. The lowest BCUT2D eigenvalue weighted by Gasteiger charge is -2.34. The summed E-state index contributed by atoms with van der Waals surface area (Å²) in [7, 11) is 5.41. The summed E-state index contributed by atoms with van der Waals surface area (Å²) in [5.74, 6) is -1.75. The molecule has 0 radical (unpaired) electrons. The van der Waals surface area contributed by atoms with Gasteiger partial charge in [0.1, 0.15) is 12.6 Å². The third-order valence-corrected chi connectivity index (χ3v) is 12.1. The predicted octanol–water partition coefficient (Wildman–Crippen LogP) is 14.8. The predicted molar refractivity (Wildman–Crippen MR) is 277 cm³/mol. The highest BCUT2D eigenvalue weighted by molar-refractivity contribution is 5.70. The average Bonchev–Trinajstić information content (AvgIpc) is 3.28. The molecule has 0 aliphatic carbocycles. The van der Waals surface area contributed by atoms with Crippen LogP contribution in [0, 0.1) is 0 Å². The summed E-state index contributed by atoms with van der Waals surface area (Å²) in [6, 6.07) is -0.731. The van der Waals surface area contributed by atoms with Crippen LogP contribution in [0.3, 0.4) is 0 Å². The van der Waals surface area contributed by atoms with Gasteiger partial charge in [-0.2, -0.15) is 0 Å². The van der Waals surface area contributed by atoms with E-state index in [1.807, 2.05) is 0 Å². The summed E-state index contributed by atoms with van der Waals surface area (Å²) in [5.41, 5.74) is 0. The quantitative estimate of drug-likeness (QED) is 0.0259. The molecule has 0 aromatic rings. The second-order valence-electron chi connectivity index (χ2n) is 19.5. The van der Waals surface area contributed by atoms with Crippen molar-refractivity contribution in [2.45, 2.75) is 251 Å². The van der Waals surface area contributed by atoms with Crippen molar-refractivity contribution < 1.29 is 38.2 Å². The van der Waals surface area contributed by atoms with Crippen LogP contribution < -0.4 is 5.11 Å². The number of quaternary nitrogens is 1. The Kier molecular flexibility index (Phi) is 46.3. The molecule has 0 fully saturated rings. The lowest BCUT2D eigenvalue weighted by Crippen LogP contribution is -2.55. The van der Waals surface area contributed by atoms with E-state index in [4.69, 9.17) is 14.2 Å². The normalized spacial score (nSPS) is 13.3. The molecule has 0 heterocycles. The largest absolute Gasteiger partial charge is 0.544 e. The zero-order valence-corrected chi connectivity index (χ0v) is 43.6. The molecule has 0 saturated heterocycles. The molecule has 66 heavy (non-hydrogen) atoms. The molecule has 0 saturated carbocycles. The van der Waals surface area contributed by atoms with Crippen LogP contribution in [0.1, 0.15) is 239 Å². The maximum absolute atomic E-state index is 12.8. The van der Waals surface area contributed by atoms with Gasteiger partial charge >= 0.3 is 11.9 Å². The Morgan fingerprint density at radius 1 is 0.455 bits per heavy atom. The van der Waals surface area contributed by atoms with E-state index in [1.54, 1.807) is 21.1 Å². The fraction of sp³-hybridized carbons (Fsp3) is 0.776.